The van der Waals surface area contributed by atoms with Crippen LogP contribution in [0.4, 0.5) is 5.69 Å². The van der Waals surface area contributed by atoms with Crippen molar-refractivity contribution in [1.82, 2.24) is 9.97 Å². The van der Waals surface area contributed by atoms with E-state index in [9.17, 15) is 4.79 Å². The molecule has 4 aromatic rings. The Labute approximate surface area is 180 Å². The number of carbonyl (C=O) groups is 1. The van der Waals surface area contributed by atoms with Crippen LogP contribution in [0, 0.1) is 6.92 Å². The molecule has 2 aromatic carbocycles. The van der Waals surface area contributed by atoms with Crippen LogP contribution in [0.3, 0.4) is 0 Å². The van der Waals surface area contributed by atoms with E-state index < -0.39 is 5.97 Å². The predicted octanol–water partition coefficient (Wildman–Crippen LogP) is 5.11. The summed E-state index contributed by atoms with van der Waals surface area (Å²) in [5.41, 5.74) is 10.4. The standard InChI is InChI=1S/C24H25N3O4/c1-13(2)30-24(28)23-17(12-29-4)22-16-10-15(6-7-19(16)27-20(22)11-26-23)31-21-8-5-14(3)9-18(21)25/h5-11,13,27H,12,25H2,1-4H3. The summed E-state index contributed by atoms with van der Waals surface area (Å²) in [5, 5.41) is 1.75. The maximum absolute atomic E-state index is 12.6. The monoisotopic (exact) mass is 419 g/mol. The summed E-state index contributed by atoms with van der Waals surface area (Å²) in [6.07, 6.45) is 1.40. The number of nitrogens with zero attached hydrogens (tertiary/aromatic N) is 1. The van der Waals surface area contributed by atoms with Crippen molar-refractivity contribution in [2.45, 2.75) is 33.5 Å². The number of aromatic nitrogens is 2. The molecule has 2 heterocycles. The summed E-state index contributed by atoms with van der Waals surface area (Å²) in [6.45, 7) is 5.80. The van der Waals surface area contributed by atoms with Gasteiger partial charge >= 0.3 is 5.97 Å². The zero-order valence-electron chi connectivity index (χ0n) is 18.0. The second-order valence-corrected chi connectivity index (χ2v) is 7.74. The fourth-order valence-corrected chi connectivity index (χ4v) is 3.62. The summed E-state index contributed by atoms with van der Waals surface area (Å²) in [6, 6.07) is 11.4. The minimum Gasteiger partial charge on any atom is -0.458 e. The maximum atomic E-state index is 12.6. The highest BCUT2D eigenvalue weighted by molar-refractivity contribution is 6.11. The fraction of sp³-hybridized carbons (Fsp3) is 0.250. The van der Waals surface area contributed by atoms with Gasteiger partial charge < -0.3 is 24.9 Å². The summed E-state index contributed by atoms with van der Waals surface area (Å²) < 4.78 is 16.8. The molecule has 160 valence electrons. The Balaban J connectivity index is 1.85. The number of nitrogens with two attached hydrogens (primary N) is 1. The molecule has 0 saturated carbocycles. The molecule has 7 heteroatoms. The number of H-pyrrole nitrogens is 1. The summed E-state index contributed by atoms with van der Waals surface area (Å²) in [4.78, 5) is 20.3. The van der Waals surface area contributed by atoms with Crippen LogP contribution in [0.1, 0.15) is 35.5 Å². The quantitative estimate of drug-likeness (QED) is 0.333. The summed E-state index contributed by atoms with van der Waals surface area (Å²) >= 11 is 0. The molecule has 3 N–H and O–H groups in total. The molecular weight excluding hydrogens is 394 g/mol. The second-order valence-electron chi connectivity index (χ2n) is 7.74. The number of nitrogens with one attached hydrogen (secondary N) is 1. The van der Waals surface area contributed by atoms with Crippen molar-refractivity contribution in [1.29, 1.82) is 0 Å². The van der Waals surface area contributed by atoms with Crippen molar-refractivity contribution < 1.29 is 19.0 Å². The highest BCUT2D eigenvalue weighted by atomic mass is 16.5. The lowest BCUT2D eigenvalue weighted by Crippen LogP contribution is -2.15. The predicted molar refractivity (Wildman–Crippen MR) is 121 cm³/mol. The van der Waals surface area contributed by atoms with Crippen molar-refractivity contribution in [3.63, 3.8) is 0 Å². The van der Waals surface area contributed by atoms with E-state index in [0.29, 0.717) is 22.7 Å². The summed E-state index contributed by atoms with van der Waals surface area (Å²) in [5.74, 6) is 0.748. The first-order chi connectivity index (χ1) is 14.9. The van der Waals surface area contributed by atoms with Crippen LogP contribution in [-0.4, -0.2) is 29.2 Å². The number of hydrogen-bond acceptors (Lipinski definition) is 6. The van der Waals surface area contributed by atoms with E-state index in [2.05, 4.69) is 9.97 Å². The number of pyridine rings is 1. The fourth-order valence-electron chi connectivity index (χ4n) is 3.62. The molecule has 0 radical (unpaired) electrons. The number of carbonyl (C=O) groups excluding carboxylic acids is 1. The van der Waals surface area contributed by atoms with Gasteiger partial charge in [-0.1, -0.05) is 6.07 Å². The average Bonchev–Trinajstić information content (AvgIpc) is 3.08. The van der Waals surface area contributed by atoms with Gasteiger partial charge in [-0.25, -0.2) is 9.78 Å². The third-order valence-corrected chi connectivity index (χ3v) is 4.93. The van der Waals surface area contributed by atoms with Gasteiger partial charge in [-0.3, -0.25) is 0 Å². The molecule has 2 aromatic heterocycles. The molecule has 0 atom stereocenters. The first-order valence-corrected chi connectivity index (χ1v) is 10.0. The highest BCUT2D eigenvalue weighted by Gasteiger charge is 2.21. The molecule has 0 saturated heterocycles. The number of esters is 1. The normalized spacial score (nSPS) is 11.4. The molecule has 0 aliphatic rings. The Bertz CT molecular complexity index is 1280. The van der Waals surface area contributed by atoms with Gasteiger partial charge in [0.15, 0.2) is 5.69 Å². The minimum absolute atomic E-state index is 0.218. The van der Waals surface area contributed by atoms with E-state index >= 15 is 0 Å². The number of ether oxygens (including phenoxy) is 3. The zero-order valence-corrected chi connectivity index (χ0v) is 18.0. The van der Waals surface area contributed by atoms with Gasteiger partial charge in [0.05, 0.1) is 30.1 Å². The van der Waals surface area contributed by atoms with Gasteiger partial charge in [-0.2, -0.15) is 0 Å². The molecule has 7 nitrogen and oxygen atoms in total. The van der Waals surface area contributed by atoms with E-state index in [0.717, 1.165) is 27.4 Å². The van der Waals surface area contributed by atoms with Crippen LogP contribution in [0.5, 0.6) is 11.5 Å². The Morgan fingerprint density at radius 1 is 1.16 bits per heavy atom. The number of aryl methyl sites for hydroxylation is 1. The maximum Gasteiger partial charge on any atom is 0.357 e. The van der Waals surface area contributed by atoms with E-state index in [-0.39, 0.29) is 18.4 Å². The van der Waals surface area contributed by atoms with Gasteiger partial charge in [0, 0.05) is 29.0 Å². The Morgan fingerprint density at radius 3 is 2.68 bits per heavy atom. The summed E-state index contributed by atoms with van der Waals surface area (Å²) in [7, 11) is 1.58. The number of benzene rings is 2. The first-order valence-electron chi connectivity index (χ1n) is 10.0. The van der Waals surface area contributed by atoms with E-state index in [1.807, 2.05) is 43.3 Å². The Morgan fingerprint density at radius 2 is 1.97 bits per heavy atom. The van der Waals surface area contributed by atoms with Gasteiger partial charge in [0.1, 0.15) is 11.5 Å². The lowest BCUT2D eigenvalue weighted by molar-refractivity contribution is 0.0366. The molecule has 0 aliphatic heterocycles. The van der Waals surface area contributed by atoms with Crippen LogP contribution >= 0.6 is 0 Å². The molecule has 4 rings (SSSR count). The van der Waals surface area contributed by atoms with Crippen molar-refractivity contribution in [3.8, 4) is 11.5 Å². The number of methoxy groups -OCH3 is 1. The minimum atomic E-state index is -0.474. The molecule has 0 aliphatic carbocycles. The van der Waals surface area contributed by atoms with E-state index in [1.54, 1.807) is 27.2 Å². The number of rotatable bonds is 6. The van der Waals surface area contributed by atoms with E-state index in [1.165, 1.54) is 0 Å². The average molecular weight is 419 g/mol. The van der Waals surface area contributed by atoms with Crippen molar-refractivity contribution >= 4 is 33.5 Å². The third-order valence-electron chi connectivity index (χ3n) is 4.93. The van der Waals surface area contributed by atoms with Crippen LogP contribution in [0.25, 0.3) is 21.8 Å². The molecule has 0 unspecified atom stereocenters. The highest BCUT2D eigenvalue weighted by Crippen LogP contribution is 2.35. The molecule has 0 fully saturated rings. The number of anilines is 1. The van der Waals surface area contributed by atoms with Gasteiger partial charge in [-0.15, -0.1) is 0 Å². The number of fused-ring (bicyclic) bond motifs is 3. The van der Waals surface area contributed by atoms with E-state index in [4.69, 9.17) is 19.9 Å². The smallest absolute Gasteiger partial charge is 0.357 e. The van der Waals surface area contributed by atoms with Crippen LogP contribution in [0.2, 0.25) is 0 Å². The molecule has 0 bridgehead atoms. The van der Waals surface area contributed by atoms with Crippen LogP contribution in [0.15, 0.2) is 42.6 Å². The first kappa shape index (κ1) is 20.7. The largest absolute Gasteiger partial charge is 0.458 e. The third kappa shape index (κ3) is 4.04. The lowest BCUT2D eigenvalue weighted by Gasteiger charge is -2.12. The SMILES string of the molecule is COCc1c(C(=O)OC(C)C)ncc2[nH]c3ccc(Oc4ccc(C)cc4N)cc3c12. The number of nitrogen functional groups attached to an aromatic ring is 1. The molecule has 0 amide bonds. The number of hydrogen-bond donors (Lipinski definition) is 2. The van der Waals surface area contributed by atoms with Crippen molar-refractivity contribution in [3.05, 3.63) is 59.4 Å². The molecule has 31 heavy (non-hydrogen) atoms. The van der Waals surface area contributed by atoms with Gasteiger partial charge in [0.2, 0.25) is 0 Å². The van der Waals surface area contributed by atoms with Crippen LogP contribution < -0.4 is 10.5 Å². The molecule has 0 spiro atoms. The Hall–Kier alpha value is -3.58. The molecular formula is C24H25N3O4. The van der Waals surface area contributed by atoms with Gasteiger partial charge in [0.25, 0.3) is 0 Å². The lowest BCUT2D eigenvalue weighted by atomic mass is 10.1. The Kier molecular flexibility index (Phi) is 5.52. The topological polar surface area (TPSA) is 99.5 Å². The second kappa shape index (κ2) is 8.28. The number of aromatic amines is 1. The van der Waals surface area contributed by atoms with Crippen LogP contribution in [-0.2, 0) is 16.1 Å². The van der Waals surface area contributed by atoms with Gasteiger partial charge in [-0.05, 0) is 56.7 Å². The van der Waals surface area contributed by atoms with Crippen molar-refractivity contribution in [2.24, 2.45) is 0 Å². The zero-order chi connectivity index (χ0) is 22.1. The van der Waals surface area contributed by atoms with Crippen molar-refractivity contribution in [2.75, 3.05) is 12.8 Å².